The van der Waals surface area contributed by atoms with Gasteiger partial charge in [-0.3, -0.25) is 0 Å². The first kappa shape index (κ1) is 21.2. The Bertz CT molecular complexity index is 505. The zero-order chi connectivity index (χ0) is 15.4. The van der Waals surface area contributed by atoms with Crippen LogP contribution in [0.2, 0.25) is 0 Å². The molecular weight excluding hydrogens is 349 g/mol. The summed E-state index contributed by atoms with van der Waals surface area (Å²) < 4.78 is 0. The second-order valence-corrected chi connectivity index (χ2v) is 6.45. The van der Waals surface area contributed by atoms with Crippen molar-refractivity contribution in [1.82, 2.24) is 15.3 Å². The number of hydrogen-bond donors (Lipinski definition) is 3. The van der Waals surface area contributed by atoms with E-state index in [0.717, 1.165) is 49.9 Å². The predicted octanol–water partition coefficient (Wildman–Crippen LogP) is 2.01. The largest absolute Gasteiger partial charge is 0.387 e. The van der Waals surface area contributed by atoms with Crippen LogP contribution >= 0.6 is 24.8 Å². The second kappa shape index (κ2) is 9.61. The molecule has 3 rings (SSSR count). The summed E-state index contributed by atoms with van der Waals surface area (Å²) in [5.74, 6) is 1.66. The minimum Gasteiger partial charge on any atom is -0.387 e. The van der Waals surface area contributed by atoms with Gasteiger partial charge in [-0.2, -0.15) is 4.98 Å². The molecule has 0 aromatic carbocycles. The number of aryl methyl sites for hydroxylation is 1. The van der Waals surface area contributed by atoms with Gasteiger partial charge in [-0.1, -0.05) is 6.92 Å². The number of hydrogen-bond acceptors (Lipinski definition) is 6. The van der Waals surface area contributed by atoms with Crippen LogP contribution in [-0.4, -0.2) is 53.4 Å². The number of nitrogens with zero attached hydrogens (tertiary/aromatic N) is 3. The van der Waals surface area contributed by atoms with E-state index in [1.54, 1.807) is 0 Å². The molecule has 0 radical (unpaired) electrons. The van der Waals surface area contributed by atoms with Crippen LogP contribution in [0.15, 0.2) is 6.07 Å². The number of piperidine rings is 1. The Kier molecular flexibility index (Phi) is 8.50. The molecule has 1 unspecified atom stereocenters. The molecule has 2 fully saturated rings. The topological polar surface area (TPSA) is 73.3 Å². The molecule has 0 amide bonds. The van der Waals surface area contributed by atoms with Crippen molar-refractivity contribution < 1.29 is 5.11 Å². The normalized spacial score (nSPS) is 23.3. The average molecular weight is 378 g/mol. The maximum atomic E-state index is 10.4. The van der Waals surface area contributed by atoms with Gasteiger partial charge in [-0.05, 0) is 38.6 Å². The van der Waals surface area contributed by atoms with Crippen LogP contribution in [-0.2, 0) is 6.42 Å². The zero-order valence-electron chi connectivity index (χ0n) is 14.3. The highest BCUT2D eigenvalue weighted by atomic mass is 35.5. The van der Waals surface area contributed by atoms with E-state index in [1.807, 2.05) is 6.07 Å². The Labute approximate surface area is 156 Å². The summed E-state index contributed by atoms with van der Waals surface area (Å²) in [6.45, 7) is 6.24. The van der Waals surface area contributed by atoms with Gasteiger partial charge in [0.15, 0.2) is 0 Å². The molecule has 6 nitrogen and oxygen atoms in total. The Hall–Kier alpha value is -0.820. The van der Waals surface area contributed by atoms with Gasteiger partial charge in [0.2, 0.25) is 5.95 Å². The number of β-amino-alcohol motifs (C(OH)–C–C–N with tert-alkyl or cyclic N) is 1. The molecule has 0 saturated carbocycles. The minimum atomic E-state index is -0.664. The average Bonchev–Trinajstić information content (AvgIpc) is 3.01. The molecule has 2 saturated heterocycles. The van der Waals surface area contributed by atoms with Crippen molar-refractivity contribution in [2.45, 2.75) is 44.6 Å². The van der Waals surface area contributed by atoms with Crippen molar-refractivity contribution >= 4 is 36.6 Å². The van der Waals surface area contributed by atoms with Crippen molar-refractivity contribution in [2.75, 3.05) is 42.9 Å². The van der Waals surface area contributed by atoms with Crippen LogP contribution < -0.4 is 15.5 Å². The van der Waals surface area contributed by atoms with Crippen LogP contribution in [0, 0.1) is 0 Å². The highest BCUT2D eigenvalue weighted by Gasteiger charge is 2.30. The fraction of sp³-hybridized carbons (Fsp3) is 0.750. The number of aromatic nitrogens is 2. The lowest BCUT2D eigenvalue weighted by Crippen LogP contribution is -2.39. The fourth-order valence-electron chi connectivity index (χ4n) is 3.13. The molecule has 1 aromatic rings. The Balaban J connectivity index is 0.00000144. The quantitative estimate of drug-likeness (QED) is 0.728. The number of anilines is 2. The second-order valence-electron chi connectivity index (χ2n) is 6.45. The van der Waals surface area contributed by atoms with E-state index in [2.05, 4.69) is 32.4 Å². The fourth-order valence-corrected chi connectivity index (χ4v) is 3.13. The highest BCUT2D eigenvalue weighted by molar-refractivity contribution is 5.85. The number of rotatable bonds is 5. The Morgan fingerprint density at radius 1 is 1.25 bits per heavy atom. The first-order valence-electron chi connectivity index (χ1n) is 8.48. The van der Waals surface area contributed by atoms with Crippen LogP contribution in [0.3, 0.4) is 0 Å². The van der Waals surface area contributed by atoms with E-state index >= 15 is 0 Å². The molecule has 138 valence electrons. The van der Waals surface area contributed by atoms with Crippen molar-refractivity contribution in [2.24, 2.45) is 0 Å². The molecule has 24 heavy (non-hydrogen) atoms. The Morgan fingerprint density at radius 2 is 2.00 bits per heavy atom. The van der Waals surface area contributed by atoms with Gasteiger partial charge in [0, 0.05) is 37.9 Å². The summed E-state index contributed by atoms with van der Waals surface area (Å²) in [6.07, 6.45) is 5.41. The lowest BCUT2D eigenvalue weighted by atomic mass is 10.0. The van der Waals surface area contributed by atoms with E-state index in [4.69, 9.17) is 0 Å². The third-order valence-electron chi connectivity index (χ3n) is 4.59. The molecule has 2 aliphatic rings. The molecule has 8 heteroatoms. The third kappa shape index (κ3) is 5.34. The van der Waals surface area contributed by atoms with Gasteiger partial charge in [-0.25, -0.2) is 4.98 Å². The van der Waals surface area contributed by atoms with Crippen molar-refractivity contribution in [3.63, 3.8) is 0 Å². The molecule has 0 bridgehead atoms. The summed E-state index contributed by atoms with van der Waals surface area (Å²) >= 11 is 0. The smallest absolute Gasteiger partial charge is 0.227 e. The number of nitrogens with one attached hydrogen (secondary N) is 2. The van der Waals surface area contributed by atoms with Crippen molar-refractivity contribution in [3.05, 3.63) is 11.8 Å². The SMILES string of the molecule is CCc1cc(NCC2(O)CCNC2)nc(N2CCCCC2)n1.Cl.Cl. The lowest BCUT2D eigenvalue weighted by molar-refractivity contribution is 0.0751. The molecule has 2 aliphatic heterocycles. The Morgan fingerprint density at radius 3 is 2.62 bits per heavy atom. The van der Waals surface area contributed by atoms with Gasteiger partial charge in [-0.15, -0.1) is 24.8 Å². The molecular formula is C16H29Cl2N5O. The minimum absolute atomic E-state index is 0. The van der Waals surface area contributed by atoms with Crippen molar-refractivity contribution in [1.29, 1.82) is 0 Å². The predicted molar refractivity (Wildman–Crippen MR) is 103 cm³/mol. The van der Waals surface area contributed by atoms with Gasteiger partial charge in [0.25, 0.3) is 0 Å². The summed E-state index contributed by atoms with van der Waals surface area (Å²) in [7, 11) is 0. The number of halogens is 2. The van der Waals surface area contributed by atoms with Gasteiger partial charge < -0.3 is 20.6 Å². The maximum absolute atomic E-state index is 10.4. The van der Waals surface area contributed by atoms with Gasteiger partial charge >= 0.3 is 0 Å². The zero-order valence-corrected chi connectivity index (χ0v) is 15.9. The van der Waals surface area contributed by atoms with E-state index in [9.17, 15) is 5.11 Å². The van der Waals surface area contributed by atoms with Gasteiger partial charge in [0.1, 0.15) is 5.82 Å². The maximum Gasteiger partial charge on any atom is 0.227 e. The monoisotopic (exact) mass is 377 g/mol. The molecule has 3 heterocycles. The van der Waals surface area contributed by atoms with E-state index in [0.29, 0.717) is 13.1 Å². The summed E-state index contributed by atoms with van der Waals surface area (Å²) in [6, 6.07) is 2.00. The standard InChI is InChI=1S/C16H27N5O.2ClH/c1-2-13-10-14(18-12-16(22)6-7-17-11-16)20-15(19-13)21-8-4-3-5-9-21;;/h10,17,22H,2-9,11-12H2,1H3,(H,18,19,20);2*1H. The van der Waals surface area contributed by atoms with Crippen LogP contribution in [0.4, 0.5) is 11.8 Å². The molecule has 0 spiro atoms. The molecule has 3 N–H and O–H groups in total. The van der Waals surface area contributed by atoms with E-state index in [1.165, 1.54) is 19.3 Å². The van der Waals surface area contributed by atoms with E-state index in [-0.39, 0.29) is 24.8 Å². The molecule has 1 atom stereocenters. The van der Waals surface area contributed by atoms with Crippen LogP contribution in [0.1, 0.15) is 38.3 Å². The lowest BCUT2D eigenvalue weighted by Gasteiger charge is -2.28. The van der Waals surface area contributed by atoms with E-state index < -0.39 is 5.60 Å². The highest BCUT2D eigenvalue weighted by Crippen LogP contribution is 2.20. The third-order valence-corrected chi connectivity index (χ3v) is 4.59. The number of aliphatic hydroxyl groups is 1. The summed E-state index contributed by atoms with van der Waals surface area (Å²) in [5, 5.41) is 16.9. The summed E-state index contributed by atoms with van der Waals surface area (Å²) in [4.78, 5) is 11.6. The van der Waals surface area contributed by atoms with Crippen molar-refractivity contribution in [3.8, 4) is 0 Å². The van der Waals surface area contributed by atoms with Crippen LogP contribution in [0.25, 0.3) is 0 Å². The molecule has 0 aliphatic carbocycles. The van der Waals surface area contributed by atoms with Gasteiger partial charge in [0.05, 0.1) is 5.60 Å². The first-order chi connectivity index (χ1) is 10.7. The van der Waals surface area contributed by atoms with Crippen LogP contribution in [0.5, 0.6) is 0 Å². The first-order valence-corrected chi connectivity index (χ1v) is 8.48. The molecule has 1 aromatic heterocycles. The summed E-state index contributed by atoms with van der Waals surface area (Å²) in [5.41, 5.74) is 0.386.